The highest BCUT2D eigenvalue weighted by molar-refractivity contribution is 7.89. The van der Waals surface area contributed by atoms with Gasteiger partial charge in [0, 0.05) is 5.56 Å². The van der Waals surface area contributed by atoms with Gasteiger partial charge in [0.1, 0.15) is 5.75 Å². The Morgan fingerprint density at radius 3 is 2.40 bits per heavy atom. The number of sulfonamides is 1. The van der Waals surface area contributed by atoms with E-state index in [4.69, 9.17) is 9.88 Å². The zero-order valence-corrected chi connectivity index (χ0v) is 13.6. The molecule has 0 saturated heterocycles. The Labute approximate surface area is 141 Å². The van der Waals surface area contributed by atoms with Crippen LogP contribution in [0.25, 0.3) is 0 Å². The first-order valence-corrected chi connectivity index (χ1v) is 8.26. The molecule has 1 amide bonds. The van der Waals surface area contributed by atoms with Crippen LogP contribution in [0.15, 0.2) is 47.4 Å². The molecule has 0 unspecified atom stereocenters. The van der Waals surface area contributed by atoms with Crippen molar-refractivity contribution >= 4 is 21.6 Å². The summed E-state index contributed by atoms with van der Waals surface area (Å²) in [6, 6.07) is 7.30. The summed E-state index contributed by atoms with van der Waals surface area (Å²) in [6.45, 7) is 0. The number of rotatable bonds is 4. The van der Waals surface area contributed by atoms with Crippen molar-refractivity contribution in [2.75, 3.05) is 12.4 Å². The number of amides is 1. The summed E-state index contributed by atoms with van der Waals surface area (Å²) < 4.78 is 66.0. The fourth-order valence-electron chi connectivity index (χ4n) is 1.99. The van der Waals surface area contributed by atoms with E-state index in [0.29, 0.717) is 6.07 Å². The lowest BCUT2D eigenvalue weighted by Crippen LogP contribution is -2.16. The van der Waals surface area contributed by atoms with E-state index in [2.05, 4.69) is 5.32 Å². The van der Waals surface area contributed by atoms with E-state index in [-0.39, 0.29) is 21.9 Å². The standard InChI is InChI=1S/C15H13F3N2O4S/c1-24-13-6-5-11(25(19,22)23)8-12(13)20-14(21)9-3-2-4-10(7-9)15(16,17)18/h2-8H,1H3,(H,20,21)(H2,19,22,23). The van der Waals surface area contributed by atoms with Gasteiger partial charge in [-0.05, 0) is 36.4 Å². The lowest BCUT2D eigenvalue weighted by atomic mass is 10.1. The molecule has 2 rings (SSSR count). The number of methoxy groups -OCH3 is 1. The van der Waals surface area contributed by atoms with E-state index >= 15 is 0 Å². The largest absolute Gasteiger partial charge is 0.495 e. The van der Waals surface area contributed by atoms with Crippen LogP contribution < -0.4 is 15.2 Å². The van der Waals surface area contributed by atoms with Gasteiger partial charge in [-0.2, -0.15) is 13.2 Å². The summed E-state index contributed by atoms with van der Waals surface area (Å²) in [5, 5.41) is 7.34. The number of nitrogens with one attached hydrogen (secondary N) is 1. The SMILES string of the molecule is COc1ccc(S(N)(=O)=O)cc1NC(=O)c1cccc(C(F)(F)F)c1. The fourth-order valence-corrected chi connectivity index (χ4v) is 2.53. The molecule has 0 bridgehead atoms. The number of hydrogen-bond acceptors (Lipinski definition) is 4. The molecule has 0 aromatic heterocycles. The molecule has 134 valence electrons. The topological polar surface area (TPSA) is 98.5 Å². The molecule has 0 fully saturated rings. The van der Waals surface area contributed by atoms with Gasteiger partial charge in [-0.3, -0.25) is 4.79 Å². The van der Waals surface area contributed by atoms with E-state index in [1.165, 1.54) is 25.3 Å². The molecule has 10 heteroatoms. The number of carbonyl (C=O) groups excluding carboxylic acids is 1. The molecule has 0 aliphatic carbocycles. The van der Waals surface area contributed by atoms with Crippen LogP contribution in [-0.4, -0.2) is 21.4 Å². The summed E-state index contributed by atoms with van der Waals surface area (Å²) >= 11 is 0. The highest BCUT2D eigenvalue weighted by Gasteiger charge is 2.31. The van der Waals surface area contributed by atoms with Crippen LogP contribution in [0, 0.1) is 0 Å². The second-order valence-corrected chi connectivity index (χ2v) is 6.50. The highest BCUT2D eigenvalue weighted by atomic mass is 32.2. The smallest absolute Gasteiger partial charge is 0.416 e. The maximum Gasteiger partial charge on any atom is 0.416 e. The zero-order chi connectivity index (χ0) is 18.8. The van der Waals surface area contributed by atoms with Gasteiger partial charge in [-0.25, -0.2) is 13.6 Å². The summed E-state index contributed by atoms with van der Waals surface area (Å²) in [7, 11) is -2.75. The first-order chi connectivity index (χ1) is 11.5. The van der Waals surface area contributed by atoms with Crippen LogP contribution in [0.2, 0.25) is 0 Å². The number of anilines is 1. The summed E-state index contributed by atoms with van der Waals surface area (Å²) in [5.41, 5.74) is -1.28. The quantitative estimate of drug-likeness (QED) is 0.859. The molecule has 2 aromatic rings. The Hall–Kier alpha value is -2.59. The molecule has 3 N–H and O–H groups in total. The molecule has 0 radical (unpaired) electrons. The first kappa shape index (κ1) is 18.7. The van der Waals surface area contributed by atoms with E-state index < -0.39 is 27.7 Å². The number of alkyl halides is 3. The van der Waals surface area contributed by atoms with Crippen molar-refractivity contribution in [1.29, 1.82) is 0 Å². The number of hydrogen-bond donors (Lipinski definition) is 2. The third-order valence-corrected chi connectivity index (χ3v) is 4.11. The average Bonchev–Trinajstić information content (AvgIpc) is 2.53. The highest BCUT2D eigenvalue weighted by Crippen LogP contribution is 2.31. The number of ether oxygens (including phenoxy) is 1. The minimum absolute atomic E-state index is 0.0450. The van der Waals surface area contributed by atoms with Crippen LogP contribution >= 0.6 is 0 Å². The van der Waals surface area contributed by atoms with Crippen LogP contribution in [0.3, 0.4) is 0 Å². The van der Waals surface area contributed by atoms with Crippen molar-refractivity contribution in [2.24, 2.45) is 5.14 Å². The lowest BCUT2D eigenvalue weighted by Gasteiger charge is -2.12. The summed E-state index contributed by atoms with van der Waals surface area (Å²) in [5.74, 6) is -0.747. The van der Waals surface area contributed by atoms with Gasteiger partial charge in [0.05, 0.1) is 23.3 Å². The Balaban J connectivity index is 2.38. The lowest BCUT2D eigenvalue weighted by molar-refractivity contribution is -0.137. The Kier molecular flexibility index (Phi) is 5.04. The predicted octanol–water partition coefficient (Wildman–Crippen LogP) is 2.61. The van der Waals surface area contributed by atoms with Crippen LogP contribution in [-0.2, 0) is 16.2 Å². The molecule has 6 nitrogen and oxygen atoms in total. The molecule has 2 aromatic carbocycles. The second-order valence-electron chi connectivity index (χ2n) is 4.94. The number of primary sulfonamides is 1. The minimum atomic E-state index is -4.60. The first-order valence-electron chi connectivity index (χ1n) is 6.72. The van der Waals surface area contributed by atoms with Crippen molar-refractivity contribution in [1.82, 2.24) is 0 Å². The zero-order valence-electron chi connectivity index (χ0n) is 12.8. The van der Waals surface area contributed by atoms with Crippen molar-refractivity contribution in [3.63, 3.8) is 0 Å². The predicted molar refractivity (Wildman–Crippen MR) is 83.8 cm³/mol. The summed E-state index contributed by atoms with van der Waals surface area (Å²) in [4.78, 5) is 11.9. The number of benzene rings is 2. The van der Waals surface area contributed by atoms with Gasteiger partial charge in [0.2, 0.25) is 10.0 Å². The number of carbonyl (C=O) groups is 1. The van der Waals surface area contributed by atoms with Crippen molar-refractivity contribution in [3.05, 3.63) is 53.6 Å². The van der Waals surface area contributed by atoms with Crippen LogP contribution in [0.5, 0.6) is 5.75 Å². The average molecular weight is 374 g/mol. The van der Waals surface area contributed by atoms with Gasteiger partial charge in [-0.1, -0.05) is 6.07 Å². The van der Waals surface area contributed by atoms with Crippen LogP contribution in [0.4, 0.5) is 18.9 Å². The molecule has 0 spiro atoms. The van der Waals surface area contributed by atoms with Gasteiger partial charge >= 0.3 is 6.18 Å². The van der Waals surface area contributed by atoms with Gasteiger partial charge in [-0.15, -0.1) is 0 Å². The molecule has 0 heterocycles. The minimum Gasteiger partial charge on any atom is -0.495 e. The van der Waals surface area contributed by atoms with Crippen molar-refractivity contribution in [2.45, 2.75) is 11.1 Å². The van der Waals surface area contributed by atoms with Crippen LogP contribution in [0.1, 0.15) is 15.9 Å². The second kappa shape index (κ2) is 6.73. The van der Waals surface area contributed by atoms with Crippen molar-refractivity contribution in [3.8, 4) is 5.75 Å². The number of nitrogens with two attached hydrogens (primary N) is 1. The van der Waals surface area contributed by atoms with Gasteiger partial charge in [0.15, 0.2) is 0 Å². The third kappa shape index (κ3) is 4.48. The van der Waals surface area contributed by atoms with Gasteiger partial charge in [0.25, 0.3) is 5.91 Å². The summed E-state index contributed by atoms with van der Waals surface area (Å²) in [6.07, 6.45) is -4.60. The van der Waals surface area contributed by atoms with Gasteiger partial charge < -0.3 is 10.1 Å². The maximum atomic E-state index is 12.7. The molecule has 0 aliphatic heterocycles. The molecule has 0 saturated carbocycles. The molecule has 0 aliphatic rings. The molecular weight excluding hydrogens is 361 g/mol. The maximum absolute atomic E-state index is 12.7. The van der Waals surface area contributed by atoms with E-state index in [1.54, 1.807) is 0 Å². The van der Waals surface area contributed by atoms with E-state index in [0.717, 1.165) is 18.2 Å². The van der Waals surface area contributed by atoms with E-state index in [1.807, 2.05) is 0 Å². The normalized spacial score (nSPS) is 11.9. The number of halogens is 3. The Morgan fingerprint density at radius 1 is 1.16 bits per heavy atom. The molecule has 0 atom stereocenters. The fraction of sp³-hybridized carbons (Fsp3) is 0.133. The monoisotopic (exact) mass is 374 g/mol. The Bertz CT molecular complexity index is 911. The Morgan fingerprint density at radius 2 is 1.84 bits per heavy atom. The van der Waals surface area contributed by atoms with Crippen molar-refractivity contribution < 1.29 is 31.1 Å². The third-order valence-electron chi connectivity index (χ3n) is 3.20. The molecular formula is C15H13F3N2O4S. The van der Waals surface area contributed by atoms with E-state index in [9.17, 15) is 26.4 Å². The molecule has 25 heavy (non-hydrogen) atoms.